The molecule has 1 unspecified atom stereocenters. The molecule has 1 aliphatic rings. The van der Waals surface area contributed by atoms with E-state index in [2.05, 4.69) is 26.6 Å². The summed E-state index contributed by atoms with van der Waals surface area (Å²) in [5, 5.41) is 5.69. The molecule has 0 spiro atoms. The predicted molar refractivity (Wildman–Crippen MR) is 99.8 cm³/mol. The third kappa shape index (κ3) is 4.11. The first kappa shape index (κ1) is 17.3. The van der Waals surface area contributed by atoms with Gasteiger partial charge in [-0.1, -0.05) is 34.1 Å². The zero-order valence-electron chi connectivity index (χ0n) is 13.7. The molecule has 0 aliphatic carbocycles. The summed E-state index contributed by atoms with van der Waals surface area (Å²) in [6, 6.07) is 14.4. The molecular weight excluding hydrogens is 386 g/mol. The zero-order chi connectivity index (χ0) is 17.8. The Morgan fingerprint density at radius 3 is 2.56 bits per heavy atom. The van der Waals surface area contributed by atoms with E-state index in [1.54, 1.807) is 29.2 Å². The average Bonchev–Trinajstić information content (AvgIpc) is 3.02. The van der Waals surface area contributed by atoms with Gasteiger partial charge in [-0.15, -0.1) is 0 Å². The summed E-state index contributed by atoms with van der Waals surface area (Å²) in [5.74, 6) is 0. The second-order valence-electron chi connectivity index (χ2n) is 5.65. The number of hydrogen-bond acceptors (Lipinski definition) is 3. The maximum Gasteiger partial charge on any atom is 0.414 e. The van der Waals surface area contributed by atoms with Crippen molar-refractivity contribution in [1.82, 2.24) is 5.32 Å². The first-order valence-corrected chi connectivity index (χ1v) is 8.70. The lowest BCUT2D eigenvalue weighted by Crippen LogP contribution is -2.31. The van der Waals surface area contributed by atoms with E-state index in [9.17, 15) is 9.59 Å². The van der Waals surface area contributed by atoms with Crippen LogP contribution in [0.15, 0.2) is 53.0 Å². The monoisotopic (exact) mass is 403 g/mol. The number of anilines is 2. The molecule has 3 amide bonds. The molecule has 2 aromatic carbocycles. The van der Waals surface area contributed by atoms with Crippen molar-refractivity contribution in [3.63, 3.8) is 0 Å². The number of carbonyl (C=O) groups is 2. The molecule has 7 heteroatoms. The van der Waals surface area contributed by atoms with Gasteiger partial charge in [0, 0.05) is 15.8 Å². The molecule has 0 radical (unpaired) electrons. The molecule has 2 aromatic rings. The highest BCUT2D eigenvalue weighted by molar-refractivity contribution is 9.10. The third-order valence-electron chi connectivity index (χ3n) is 3.92. The first-order chi connectivity index (χ1) is 12.0. The molecule has 1 fully saturated rings. The molecule has 2 N–H and O–H groups in total. The lowest BCUT2D eigenvalue weighted by molar-refractivity contribution is 0.181. The molecule has 6 nitrogen and oxygen atoms in total. The number of carbonyl (C=O) groups excluding carboxylic acids is 2. The summed E-state index contributed by atoms with van der Waals surface area (Å²) < 4.78 is 5.86. The molecule has 3 rings (SSSR count). The predicted octanol–water partition coefficient (Wildman–Crippen LogP) is 4.29. The summed E-state index contributed by atoms with van der Waals surface area (Å²) in [4.78, 5) is 25.3. The van der Waals surface area contributed by atoms with Crippen LogP contribution in [0.4, 0.5) is 21.0 Å². The molecule has 0 bridgehead atoms. The van der Waals surface area contributed by atoms with E-state index in [1.807, 2.05) is 31.2 Å². The molecule has 130 valence electrons. The van der Waals surface area contributed by atoms with Gasteiger partial charge in [0.25, 0.3) is 0 Å². The topological polar surface area (TPSA) is 70.7 Å². The fourth-order valence-electron chi connectivity index (χ4n) is 2.62. The molecule has 1 atom stereocenters. The Morgan fingerprint density at radius 2 is 1.92 bits per heavy atom. The number of cyclic esters (lactones) is 1. The summed E-state index contributed by atoms with van der Waals surface area (Å²) in [6.07, 6.45) is -0.347. The normalized spacial score (nSPS) is 14.8. The van der Waals surface area contributed by atoms with Gasteiger partial charge in [-0.2, -0.15) is 0 Å². The van der Waals surface area contributed by atoms with Crippen LogP contribution < -0.4 is 15.5 Å². The molecule has 0 saturated carbocycles. The highest BCUT2D eigenvalue weighted by Crippen LogP contribution is 2.23. The molecule has 1 saturated heterocycles. The highest BCUT2D eigenvalue weighted by Gasteiger charge is 2.23. The quantitative estimate of drug-likeness (QED) is 0.799. The van der Waals surface area contributed by atoms with Gasteiger partial charge in [-0.05, 0) is 42.8 Å². The molecule has 0 aromatic heterocycles. The zero-order valence-corrected chi connectivity index (χ0v) is 15.2. The van der Waals surface area contributed by atoms with Crippen LogP contribution in [0.5, 0.6) is 0 Å². The van der Waals surface area contributed by atoms with E-state index >= 15 is 0 Å². The third-order valence-corrected chi connectivity index (χ3v) is 4.64. The van der Waals surface area contributed by atoms with Crippen LogP contribution in [0.25, 0.3) is 0 Å². The van der Waals surface area contributed by atoms with Gasteiger partial charge in [0.2, 0.25) is 0 Å². The average molecular weight is 404 g/mol. The Bertz CT molecular complexity index is 779. The number of nitrogens with zero attached hydrogens (tertiary/aromatic N) is 1. The first-order valence-electron chi connectivity index (χ1n) is 7.91. The fourth-order valence-corrected chi connectivity index (χ4v) is 3.25. The van der Waals surface area contributed by atoms with Gasteiger partial charge in [0.15, 0.2) is 0 Å². The molecule has 1 heterocycles. The number of rotatable bonds is 4. The van der Waals surface area contributed by atoms with Crippen LogP contribution in [-0.2, 0) is 4.74 Å². The van der Waals surface area contributed by atoms with Crippen LogP contribution in [0.2, 0.25) is 0 Å². The van der Waals surface area contributed by atoms with E-state index in [0.29, 0.717) is 18.8 Å². The van der Waals surface area contributed by atoms with Crippen molar-refractivity contribution in [1.29, 1.82) is 0 Å². The van der Waals surface area contributed by atoms with E-state index in [0.717, 1.165) is 15.7 Å². The van der Waals surface area contributed by atoms with Gasteiger partial charge in [-0.3, -0.25) is 4.90 Å². The van der Waals surface area contributed by atoms with Crippen molar-refractivity contribution in [3.05, 3.63) is 58.6 Å². The minimum absolute atomic E-state index is 0.144. The van der Waals surface area contributed by atoms with E-state index in [-0.39, 0.29) is 18.2 Å². The van der Waals surface area contributed by atoms with Crippen LogP contribution in [0.1, 0.15) is 18.5 Å². The van der Waals surface area contributed by atoms with Gasteiger partial charge >= 0.3 is 12.1 Å². The Morgan fingerprint density at radius 1 is 1.20 bits per heavy atom. The van der Waals surface area contributed by atoms with Crippen molar-refractivity contribution in [3.8, 4) is 0 Å². The van der Waals surface area contributed by atoms with Gasteiger partial charge in [-0.25, -0.2) is 9.59 Å². The van der Waals surface area contributed by atoms with Gasteiger partial charge < -0.3 is 15.4 Å². The van der Waals surface area contributed by atoms with Crippen molar-refractivity contribution >= 4 is 39.4 Å². The van der Waals surface area contributed by atoms with Crippen molar-refractivity contribution in [2.24, 2.45) is 0 Å². The number of nitrogens with one attached hydrogen (secondary N) is 2. The van der Waals surface area contributed by atoms with E-state index in [1.165, 1.54) is 0 Å². The fraction of sp³-hybridized carbons (Fsp3) is 0.222. The summed E-state index contributed by atoms with van der Waals surface area (Å²) in [6.45, 7) is 2.85. The van der Waals surface area contributed by atoms with Crippen molar-refractivity contribution < 1.29 is 14.3 Å². The maximum absolute atomic E-state index is 12.2. The second kappa shape index (κ2) is 7.57. The number of benzene rings is 2. The van der Waals surface area contributed by atoms with Crippen molar-refractivity contribution in [2.75, 3.05) is 23.4 Å². The molecule has 25 heavy (non-hydrogen) atoms. The van der Waals surface area contributed by atoms with Crippen LogP contribution >= 0.6 is 15.9 Å². The van der Waals surface area contributed by atoms with E-state index < -0.39 is 0 Å². The number of ether oxygens (including phenoxy) is 1. The largest absolute Gasteiger partial charge is 0.447 e. The summed E-state index contributed by atoms with van der Waals surface area (Å²) in [7, 11) is 0. The Kier molecular flexibility index (Phi) is 5.23. The molecular formula is C18H18BrN3O3. The lowest BCUT2D eigenvalue weighted by Gasteiger charge is -2.17. The number of halogens is 1. The van der Waals surface area contributed by atoms with Gasteiger partial charge in [0.1, 0.15) is 6.61 Å². The number of amides is 3. The Balaban J connectivity index is 1.59. The van der Waals surface area contributed by atoms with Crippen LogP contribution in [-0.4, -0.2) is 25.3 Å². The highest BCUT2D eigenvalue weighted by atomic mass is 79.9. The van der Waals surface area contributed by atoms with Gasteiger partial charge in [0.05, 0.1) is 12.6 Å². The minimum atomic E-state index is -0.347. The summed E-state index contributed by atoms with van der Waals surface area (Å²) >= 11 is 3.48. The van der Waals surface area contributed by atoms with Crippen molar-refractivity contribution in [2.45, 2.75) is 13.0 Å². The Hall–Kier alpha value is -2.54. The smallest absolute Gasteiger partial charge is 0.414 e. The second-order valence-corrected chi connectivity index (χ2v) is 6.51. The standard InChI is InChI=1S/C18H18BrN3O3/c1-12(15-4-2-3-5-16(15)19)20-17(23)21-13-6-8-14(9-7-13)22-10-11-25-18(22)24/h2-9,12H,10-11H2,1H3,(H2,20,21,23). The summed E-state index contributed by atoms with van der Waals surface area (Å²) in [5.41, 5.74) is 2.39. The lowest BCUT2D eigenvalue weighted by atomic mass is 10.1. The van der Waals surface area contributed by atoms with Crippen LogP contribution in [0.3, 0.4) is 0 Å². The van der Waals surface area contributed by atoms with Crippen LogP contribution in [0, 0.1) is 0 Å². The maximum atomic E-state index is 12.2. The molecule has 1 aliphatic heterocycles. The SMILES string of the molecule is CC(NC(=O)Nc1ccc(N2CCOC2=O)cc1)c1ccccc1Br. The number of urea groups is 1. The Labute approximate surface area is 154 Å². The minimum Gasteiger partial charge on any atom is -0.447 e. The van der Waals surface area contributed by atoms with E-state index in [4.69, 9.17) is 4.74 Å². The number of hydrogen-bond donors (Lipinski definition) is 2.